The highest BCUT2D eigenvalue weighted by molar-refractivity contribution is 6.21. The van der Waals surface area contributed by atoms with Gasteiger partial charge in [-0.05, 0) is 6.92 Å². The van der Waals surface area contributed by atoms with Crippen molar-refractivity contribution in [3.05, 3.63) is 35.0 Å². The number of aromatic nitrogens is 3. The summed E-state index contributed by atoms with van der Waals surface area (Å²) in [7, 11) is 0. The van der Waals surface area contributed by atoms with E-state index in [1.54, 1.807) is 11.3 Å². The molecule has 19 heavy (non-hydrogen) atoms. The molecule has 0 aromatic carbocycles. The average Bonchev–Trinajstić information content (AvgIpc) is 2.89. The van der Waals surface area contributed by atoms with Crippen molar-refractivity contribution in [3.63, 3.8) is 0 Å². The highest BCUT2D eigenvalue weighted by atomic mass is 19.3. The molecule has 0 aliphatic heterocycles. The van der Waals surface area contributed by atoms with Gasteiger partial charge < -0.3 is 5.73 Å². The minimum atomic E-state index is -2.77. The summed E-state index contributed by atoms with van der Waals surface area (Å²) >= 11 is 0. The molecule has 5 nitrogen and oxygen atoms in total. The van der Waals surface area contributed by atoms with E-state index in [4.69, 9.17) is 5.73 Å². The Kier molecular flexibility index (Phi) is 2.38. The van der Waals surface area contributed by atoms with Crippen LogP contribution >= 0.6 is 0 Å². The summed E-state index contributed by atoms with van der Waals surface area (Å²) in [6.07, 6.45) is 0.522. The van der Waals surface area contributed by atoms with Crippen LogP contribution in [0.4, 0.5) is 8.78 Å². The Labute approximate surface area is 106 Å². The summed E-state index contributed by atoms with van der Waals surface area (Å²) in [5.41, 5.74) is 6.79. The molecule has 2 N–H and O–H groups in total. The van der Waals surface area contributed by atoms with Crippen LogP contribution in [0.15, 0.2) is 18.1 Å². The highest BCUT2D eigenvalue weighted by Gasteiger charge is 2.32. The fraction of sp³-hybridized carbons (Fsp3) is 0.250. The molecule has 1 aliphatic rings. The highest BCUT2D eigenvalue weighted by Crippen LogP contribution is 2.38. The third kappa shape index (κ3) is 1.54. The van der Waals surface area contributed by atoms with E-state index in [0.717, 1.165) is 0 Å². The van der Waals surface area contributed by atoms with Crippen LogP contribution in [-0.4, -0.2) is 20.3 Å². The van der Waals surface area contributed by atoms with Gasteiger partial charge in [0.1, 0.15) is 12.0 Å². The van der Waals surface area contributed by atoms with Gasteiger partial charge >= 0.3 is 0 Å². The van der Waals surface area contributed by atoms with E-state index in [0.29, 0.717) is 23.3 Å². The molecule has 0 spiro atoms. The van der Waals surface area contributed by atoms with Gasteiger partial charge in [0.25, 0.3) is 6.43 Å². The van der Waals surface area contributed by atoms with E-state index in [9.17, 15) is 13.6 Å². The lowest BCUT2D eigenvalue weighted by Gasteiger charge is -2.11. The number of nitrogens with zero attached hydrogens (tertiary/aromatic N) is 3. The smallest absolute Gasteiger partial charge is 0.281 e. The molecule has 3 rings (SSSR count). The molecule has 2 aromatic heterocycles. The lowest BCUT2D eigenvalue weighted by atomic mass is 10.1. The lowest BCUT2D eigenvalue weighted by molar-refractivity contribution is -0.112. The minimum absolute atomic E-state index is 0.147. The molecule has 0 unspecified atom stereocenters. The second-order valence-electron chi connectivity index (χ2n) is 4.44. The predicted octanol–water partition coefficient (Wildman–Crippen LogP) is 1.48. The first-order valence-electron chi connectivity index (χ1n) is 5.63. The summed E-state index contributed by atoms with van der Waals surface area (Å²) < 4.78 is 27.9. The summed E-state index contributed by atoms with van der Waals surface area (Å²) in [5.74, 6) is -0.709. The molecular formula is C12H10F2N4O. The zero-order valence-electron chi connectivity index (χ0n) is 10.0. The summed E-state index contributed by atoms with van der Waals surface area (Å²) in [6.45, 7) is 1.71. The lowest BCUT2D eigenvalue weighted by Crippen LogP contribution is -2.15. The maximum Gasteiger partial charge on any atom is 0.281 e. The number of carbonyl (C=O) groups is 1. The maximum atomic E-state index is 13.2. The van der Waals surface area contributed by atoms with Crippen molar-refractivity contribution in [1.82, 2.24) is 14.4 Å². The summed E-state index contributed by atoms with van der Waals surface area (Å²) in [4.78, 5) is 19.3. The van der Waals surface area contributed by atoms with Crippen LogP contribution in [-0.2, 0) is 11.2 Å². The molecule has 0 bridgehead atoms. The number of alkyl halides is 2. The fourth-order valence-corrected chi connectivity index (χ4v) is 2.52. The maximum absolute atomic E-state index is 13.2. The molecule has 1 amide bonds. The second kappa shape index (κ2) is 3.84. The fourth-order valence-electron chi connectivity index (χ4n) is 2.52. The summed E-state index contributed by atoms with van der Waals surface area (Å²) in [5, 5.41) is 0. The molecule has 0 fully saturated rings. The first-order chi connectivity index (χ1) is 9.00. The molecule has 0 radical (unpaired) electrons. The van der Waals surface area contributed by atoms with Gasteiger partial charge in [0, 0.05) is 23.3 Å². The Morgan fingerprint density at radius 3 is 2.89 bits per heavy atom. The van der Waals surface area contributed by atoms with Crippen LogP contribution in [0.2, 0.25) is 0 Å². The molecule has 1 aliphatic carbocycles. The Balaban J connectivity index is 2.40. The summed E-state index contributed by atoms with van der Waals surface area (Å²) in [6, 6.07) is 0. The third-order valence-corrected chi connectivity index (χ3v) is 3.25. The number of amides is 1. The Morgan fingerprint density at radius 2 is 2.26 bits per heavy atom. The van der Waals surface area contributed by atoms with Crippen LogP contribution in [0, 0.1) is 0 Å². The molecule has 0 atom stereocenters. The van der Waals surface area contributed by atoms with E-state index in [-0.39, 0.29) is 11.1 Å². The van der Waals surface area contributed by atoms with Crippen molar-refractivity contribution in [2.75, 3.05) is 0 Å². The van der Waals surface area contributed by atoms with Crippen molar-refractivity contribution >= 4 is 17.1 Å². The Hall–Kier alpha value is -2.31. The Bertz CT molecular complexity index is 733. The molecule has 98 valence electrons. The quantitative estimate of drug-likeness (QED) is 0.892. The molecule has 2 heterocycles. The number of halogens is 2. The minimum Gasteiger partial charge on any atom is -0.366 e. The predicted molar refractivity (Wildman–Crippen MR) is 63.4 cm³/mol. The zero-order chi connectivity index (χ0) is 13.7. The molecular weight excluding hydrogens is 254 g/mol. The van der Waals surface area contributed by atoms with Crippen molar-refractivity contribution in [1.29, 1.82) is 0 Å². The monoisotopic (exact) mass is 264 g/mol. The number of imidazole rings is 1. The van der Waals surface area contributed by atoms with Gasteiger partial charge in [-0.15, -0.1) is 0 Å². The number of hydrogen-bond donors (Lipinski definition) is 1. The molecule has 7 heteroatoms. The standard InChI is InChI=1S/C12H10F2N4O/c1-5-2-6-9(8(5)12(15)19)10(11(13)14)17-7-3-16-4-18(6)7/h3-4,11H,2H2,1H3,(H2,15,19). The van der Waals surface area contributed by atoms with Crippen molar-refractivity contribution < 1.29 is 13.6 Å². The van der Waals surface area contributed by atoms with Crippen LogP contribution in [0.5, 0.6) is 0 Å². The van der Waals surface area contributed by atoms with E-state index in [1.165, 1.54) is 12.5 Å². The molecule has 2 aromatic rings. The largest absolute Gasteiger partial charge is 0.366 e. The van der Waals surface area contributed by atoms with Crippen molar-refractivity contribution in [2.24, 2.45) is 5.73 Å². The van der Waals surface area contributed by atoms with Crippen molar-refractivity contribution in [2.45, 2.75) is 19.8 Å². The average molecular weight is 264 g/mol. The number of nitrogens with two attached hydrogens (primary N) is 1. The first-order valence-corrected chi connectivity index (χ1v) is 5.63. The molecule has 0 saturated heterocycles. The topological polar surface area (TPSA) is 73.3 Å². The number of primary amides is 1. The number of allylic oxidation sites excluding steroid dienone is 1. The Morgan fingerprint density at radius 1 is 1.53 bits per heavy atom. The second-order valence-corrected chi connectivity index (χ2v) is 4.44. The van der Waals surface area contributed by atoms with Gasteiger partial charge in [-0.1, -0.05) is 5.57 Å². The van der Waals surface area contributed by atoms with E-state index in [2.05, 4.69) is 9.97 Å². The van der Waals surface area contributed by atoms with Gasteiger partial charge in [-0.25, -0.2) is 18.7 Å². The van der Waals surface area contributed by atoms with Crippen LogP contribution in [0.25, 0.3) is 11.2 Å². The number of rotatable bonds is 2. The van der Waals surface area contributed by atoms with Gasteiger partial charge in [-0.2, -0.15) is 0 Å². The van der Waals surface area contributed by atoms with Gasteiger partial charge in [0.15, 0.2) is 5.65 Å². The van der Waals surface area contributed by atoms with Gasteiger partial charge in [0.2, 0.25) is 5.91 Å². The van der Waals surface area contributed by atoms with E-state index < -0.39 is 18.0 Å². The zero-order valence-corrected chi connectivity index (χ0v) is 10.0. The first kappa shape index (κ1) is 11.8. The van der Waals surface area contributed by atoms with E-state index >= 15 is 0 Å². The molecule has 0 saturated carbocycles. The van der Waals surface area contributed by atoms with Gasteiger partial charge in [-0.3, -0.25) is 9.20 Å². The SMILES string of the molecule is CC1=C(C(N)=O)c2c(C(F)F)nc3cncn3c2C1. The van der Waals surface area contributed by atoms with Crippen molar-refractivity contribution in [3.8, 4) is 0 Å². The third-order valence-electron chi connectivity index (χ3n) is 3.25. The van der Waals surface area contributed by atoms with Crippen LogP contribution < -0.4 is 5.73 Å². The number of carbonyl (C=O) groups excluding carboxylic acids is 1. The van der Waals surface area contributed by atoms with Crippen LogP contribution in [0.1, 0.15) is 30.3 Å². The normalized spacial score (nSPS) is 14.5. The van der Waals surface area contributed by atoms with E-state index in [1.807, 2.05) is 0 Å². The van der Waals surface area contributed by atoms with Gasteiger partial charge in [0.05, 0.1) is 6.20 Å². The number of hydrogen-bond acceptors (Lipinski definition) is 3. The van der Waals surface area contributed by atoms with Crippen LogP contribution in [0.3, 0.4) is 0 Å². The number of fused-ring (bicyclic) bond motifs is 3.